The van der Waals surface area contributed by atoms with Gasteiger partial charge in [-0.2, -0.15) is 0 Å². The molecule has 26 heavy (non-hydrogen) atoms. The predicted molar refractivity (Wildman–Crippen MR) is 106 cm³/mol. The van der Waals surface area contributed by atoms with E-state index >= 15 is 0 Å². The molecule has 0 spiro atoms. The zero-order valence-electron chi connectivity index (χ0n) is 15.5. The van der Waals surface area contributed by atoms with Crippen LogP contribution in [0.5, 0.6) is 0 Å². The second-order valence-electron chi connectivity index (χ2n) is 6.70. The second-order valence-corrected chi connectivity index (χ2v) is 9.11. The van der Waals surface area contributed by atoms with Crippen molar-refractivity contribution in [3.63, 3.8) is 0 Å². The molecule has 7 heteroatoms. The third-order valence-corrected chi connectivity index (χ3v) is 6.61. The summed E-state index contributed by atoms with van der Waals surface area (Å²) in [6, 6.07) is 1.65. The summed E-state index contributed by atoms with van der Waals surface area (Å²) in [6.07, 6.45) is 2.65. The van der Waals surface area contributed by atoms with Crippen molar-refractivity contribution in [3.8, 4) is 0 Å². The van der Waals surface area contributed by atoms with Crippen molar-refractivity contribution in [2.75, 3.05) is 6.54 Å². The molecule has 3 rings (SSSR count). The predicted octanol–water partition coefficient (Wildman–Crippen LogP) is 3.23. The number of thiophene rings is 1. The lowest BCUT2D eigenvalue weighted by atomic mass is 10.1. The Morgan fingerprint density at radius 3 is 2.88 bits per heavy atom. The number of hydrogen-bond donors (Lipinski definition) is 1. The molecule has 0 fully saturated rings. The van der Waals surface area contributed by atoms with Crippen LogP contribution in [0.4, 0.5) is 0 Å². The van der Waals surface area contributed by atoms with Gasteiger partial charge in [-0.05, 0) is 43.7 Å². The van der Waals surface area contributed by atoms with Crippen LogP contribution in [0, 0.1) is 13.8 Å². The topological polar surface area (TPSA) is 62.3 Å². The number of carbonyl (C=O) groups excluding carboxylic acids is 2. The molecule has 5 nitrogen and oxygen atoms in total. The molecular weight excluding hydrogens is 366 g/mol. The van der Waals surface area contributed by atoms with E-state index in [9.17, 15) is 9.59 Å². The van der Waals surface area contributed by atoms with Gasteiger partial charge < -0.3 is 10.2 Å². The third kappa shape index (κ3) is 4.32. The van der Waals surface area contributed by atoms with Gasteiger partial charge in [-0.1, -0.05) is 13.3 Å². The number of amides is 2. The van der Waals surface area contributed by atoms with Crippen LogP contribution in [0.25, 0.3) is 0 Å². The van der Waals surface area contributed by atoms with Crippen LogP contribution in [0.1, 0.15) is 45.8 Å². The van der Waals surface area contributed by atoms with Crippen LogP contribution in [0.3, 0.4) is 0 Å². The highest BCUT2D eigenvalue weighted by Crippen LogP contribution is 2.24. The molecule has 0 saturated heterocycles. The molecule has 1 aliphatic rings. The van der Waals surface area contributed by atoms with Gasteiger partial charge >= 0.3 is 0 Å². The zero-order chi connectivity index (χ0) is 18.7. The zero-order valence-corrected chi connectivity index (χ0v) is 17.1. The fraction of sp³-hybridized carbons (Fsp3) is 0.526. The summed E-state index contributed by atoms with van der Waals surface area (Å²) in [7, 11) is 0. The Kier molecular flexibility index (Phi) is 6.09. The molecule has 140 valence electrons. The van der Waals surface area contributed by atoms with Gasteiger partial charge in [0, 0.05) is 22.8 Å². The number of aryl methyl sites for hydroxylation is 2. The quantitative estimate of drug-likeness (QED) is 0.822. The molecule has 2 amide bonds. The Balaban J connectivity index is 1.63. The smallest absolute Gasteiger partial charge is 0.245 e. The highest BCUT2D eigenvalue weighted by Gasteiger charge is 2.28. The summed E-state index contributed by atoms with van der Waals surface area (Å²) in [5.74, 6) is -0.0957. The molecule has 0 aromatic carbocycles. The normalized spacial score (nSPS) is 14.8. The van der Waals surface area contributed by atoms with Crippen LogP contribution in [0.15, 0.2) is 11.4 Å². The molecule has 1 N–H and O–H groups in total. The first-order valence-corrected chi connectivity index (χ1v) is 10.7. The van der Waals surface area contributed by atoms with Gasteiger partial charge in [0.25, 0.3) is 0 Å². The lowest BCUT2D eigenvalue weighted by Gasteiger charge is -2.30. The highest BCUT2D eigenvalue weighted by atomic mass is 32.1. The maximum Gasteiger partial charge on any atom is 0.245 e. The van der Waals surface area contributed by atoms with E-state index in [1.807, 2.05) is 25.7 Å². The monoisotopic (exact) mass is 391 g/mol. The second kappa shape index (κ2) is 8.31. The van der Waals surface area contributed by atoms with Gasteiger partial charge in [0.1, 0.15) is 6.04 Å². The lowest BCUT2D eigenvalue weighted by molar-refractivity contribution is -0.137. The number of rotatable bonds is 6. The van der Waals surface area contributed by atoms with Crippen molar-refractivity contribution in [1.82, 2.24) is 15.2 Å². The van der Waals surface area contributed by atoms with E-state index in [1.54, 1.807) is 22.7 Å². The number of thiazole rings is 1. The van der Waals surface area contributed by atoms with Crippen molar-refractivity contribution in [2.24, 2.45) is 0 Å². The Morgan fingerprint density at radius 2 is 2.19 bits per heavy atom. The Labute approximate surface area is 162 Å². The van der Waals surface area contributed by atoms with Gasteiger partial charge in [0.15, 0.2) is 0 Å². The number of nitrogens with one attached hydrogen (secondary N) is 1. The van der Waals surface area contributed by atoms with E-state index in [0.29, 0.717) is 13.0 Å². The van der Waals surface area contributed by atoms with Crippen LogP contribution < -0.4 is 5.32 Å². The van der Waals surface area contributed by atoms with Crippen LogP contribution in [-0.4, -0.2) is 34.3 Å². The number of nitrogens with zero attached hydrogens (tertiary/aromatic N) is 2. The summed E-state index contributed by atoms with van der Waals surface area (Å²) in [5, 5.41) is 6.00. The van der Waals surface area contributed by atoms with Gasteiger partial charge in [-0.25, -0.2) is 4.98 Å². The summed E-state index contributed by atoms with van der Waals surface area (Å²) in [4.78, 5) is 34.2. The van der Waals surface area contributed by atoms with E-state index in [2.05, 4.69) is 21.7 Å². The number of aromatic nitrogens is 1. The van der Waals surface area contributed by atoms with Crippen molar-refractivity contribution in [2.45, 2.75) is 59.0 Å². The Morgan fingerprint density at radius 1 is 1.38 bits per heavy atom. The lowest BCUT2D eigenvalue weighted by Crippen LogP contribution is -2.50. The van der Waals surface area contributed by atoms with E-state index in [1.165, 1.54) is 10.4 Å². The Hall–Kier alpha value is -1.73. The fourth-order valence-electron chi connectivity index (χ4n) is 3.34. The van der Waals surface area contributed by atoms with Gasteiger partial charge in [-0.3, -0.25) is 9.59 Å². The minimum Gasteiger partial charge on any atom is -0.344 e. The summed E-state index contributed by atoms with van der Waals surface area (Å²) < 4.78 is 0. The fourth-order valence-corrected chi connectivity index (χ4v) is 5.06. The molecule has 1 atom stereocenters. The van der Waals surface area contributed by atoms with Gasteiger partial charge in [0.2, 0.25) is 11.8 Å². The maximum absolute atomic E-state index is 13.0. The van der Waals surface area contributed by atoms with Crippen LogP contribution in [-0.2, 0) is 29.0 Å². The summed E-state index contributed by atoms with van der Waals surface area (Å²) in [5.41, 5.74) is 2.05. The molecule has 0 radical (unpaired) electrons. The molecular formula is C19H25N3O2S2. The van der Waals surface area contributed by atoms with Gasteiger partial charge in [-0.15, -0.1) is 22.7 Å². The van der Waals surface area contributed by atoms with E-state index in [-0.39, 0.29) is 18.2 Å². The van der Waals surface area contributed by atoms with Crippen LogP contribution >= 0.6 is 22.7 Å². The minimum absolute atomic E-state index is 0.0308. The standard InChI is InChI=1S/C19H25N3O2S2/c1-4-5-15(21-18(23)10-16-12(2)26-13(3)20-16)19(24)22-8-6-17-14(11-22)7-9-25-17/h7,9,15H,4-6,8,10-11H2,1-3H3,(H,21,23). The third-order valence-electron chi connectivity index (χ3n) is 4.66. The summed E-state index contributed by atoms with van der Waals surface area (Å²) >= 11 is 3.36. The molecule has 2 aromatic heterocycles. The average Bonchev–Trinajstić information content (AvgIpc) is 3.19. The Bertz CT molecular complexity index is 797. The van der Waals surface area contributed by atoms with Crippen molar-refractivity contribution in [1.29, 1.82) is 0 Å². The molecule has 1 aliphatic heterocycles. The van der Waals surface area contributed by atoms with E-state index in [0.717, 1.165) is 35.0 Å². The molecule has 2 aromatic rings. The first-order chi connectivity index (χ1) is 12.5. The number of fused-ring (bicyclic) bond motifs is 1. The SMILES string of the molecule is CCCC(NC(=O)Cc1nc(C)sc1C)C(=O)N1CCc2sccc2C1. The number of carbonyl (C=O) groups is 2. The molecule has 1 unspecified atom stereocenters. The van der Waals surface area contributed by atoms with E-state index in [4.69, 9.17) is 0 Å². The number of hydrogen-bond acceptors (Lipinski definition) is 5. The molecule has 0 aliphatic carbocycles. The van der Waals surface area contributed by atoms with E-state index < -0.39 is 6.04 Å². The van der Waals surface area contributed by atoms with Crippen LogP contribution in [0.2, 0.25) is 0 Å². The molecule has 0 saturated carbocycles. The first-order valence-electron chi connectivity index (χ1n) is 9.04. The largest absolute Gasteiger partial charge is 0.344 e. The van der Waals surface area contributed by atoms with Gasteiger partial charge in [0.05, 0.1) is 17.1 Å². The first kappa shape index (κ1) is 19.0. The van der Waals surface area contributed by atoms with Crippen molar-refractivity contribution in [3.05, 3.63) is 37.5 Å². The minimum atomic E-state index is -0.451. The summed E-state index contributed by atoms with van der Waals surface area (Å²) in [6.45, 7) is 7.34. The van der Waals surface area contributed by atoms with Crippen molar-refractivity contribution >= 4 is 34.5 Å². The molecule has 0 bridgehead atoms. The highest BCUT2D eigenvalue weighted by molar-refractivity contribution is 7.11. The average molecular weight is 392 g/mol. The molecule has 3 heterocycles. The maximum atomic E-state index is 13.0. The van der Waals surface area contributed by atoms with Crippen molar-refractivity contribution < 1.29 is 9.59 Å².